The van der Waals surface area contributed by atoms with Gasteiger partial charge in [0.25, 0.3) is 5.91 Å². The molecular formula is C25H27FN2O3. The van der Waals surface area contributed by atoms with Crippen molar-refractivity contribution in [1.82, 2.24) is 0 Å². The van der Waals surface area contributed by atoms with Gasteiger partial charge in [-0.1, -0.05) is 30.3 Å². The largest absolute Gasteiger partial charge is 0.492 e. The van der Waals surface area contributed by atoms with Crippen LogP contribution < -0.4 is 20.1 Å². The second-order valence-corrected chi connectivity index (χ2v) is 6.95. The number of anilines is 2. The average molecular weight is 423 g/mol. The molecule has 0 fully saturated rings. The number of halogens is 1. The highest BCUT2D eigenvalue weighted by Gasteiger charge is 2.17. The maximum atomic E-state index is 13.3. The molecule has 0 saturated heterocycles. The summed E-state index contributed by atoms with van der Waals surface area (Å²) in [5, 5.41) is 6.32. The van der Waals surface area contributed by atoms with E-state index in [1.54, 1.807) is 30.3 Å². The summed E-state index contributed by atoms with van der Waals surface area (Å²) in [4.78, 5) is 12.7. The fourth-order valence-corrected chi connectivity index (χ4v) is 3.17. The molecule has 3 rings (SSSR count). The van der Waals surface area contributed by atoms with Crippen LogP contribution in [0.1, 0.15) is 42.7 Å². The molecule has 0 aliphatic carbocycles. The fourth-order valence-electron chi connectivity index (χ4n) is 3.17. The topological polar surface area (TPSA) is 59.6 Å². The smallest absolute Gasteiger partial charge is 0.255 e. The maximum absolute atomic E-state index is 13.3. The van der Waals surface area contributed by atoms with Crippen molar-refractivity contribution in [3.8, 4) is 11.5 Å². The lowest BCUT2D eigenvalue weighted by atomic mass is 10.1. The van der Waals surface area contributed by atoms with E-state index < -0.39 is 0 Å². The molecule has 2 N–H and O–H groups in total. The summed E-state index contributed by atoms with van der Waals surface area (Å²) in [6.45, 7) is 6.66. The van der Waals surface area contributed by atoms with E-state index in [4.69, 9.17) is 9.47 Å². The van der Waals surface area contributed by atoms with Crippen molar-refractivity contribution in [2.24, 2.45) is 0 Å². The molecule has 0 heterocycles. The van der Waals surface area contributed by atoms with Crippen molar-refractivity contribution in [3.63, 3.8) is 0 Å². The first-order chi connectivity index (χ1) is 15.0. The number of carbonyl (C=O) groups is 1. The average Bonchev–Trinajstić information content (AvgIpc) is 2.77. The highest BCUT2D eigenvalue weighted by Crippen LogP contribution is 2.38. The Labute approximate surface area is 182 Å². The van der Waals surface area contributed by atoms with Gasteiger partial charge in [0.15, 0.2) is 0 Å². The molecule has 1 unspecified atom stereocenters. The van der Waals surface area contributed by atoms with Crippen molar-refractivity contribution >= 4 is 17.3 Å². The minimum atomic E-state index is -0.275. The molecule has 31 heavy (non-hydrogen) atoms. The fraction of sp³-hybridized carbons (Fsp3) is 0.240. The van der Waals surface area contributed by atoms with Crippen LogP contribution in [-0.2, 0) is 0 Å². The van der Waals surface area contributed by atoms with Crippen LogP contribution in [0.25, 0.3) is 0 Å². The summed E-state index contributed by atoms with van der Waals surface area (Å²) >= 11 is 0. The number of nitrogens with one attached hydrogen (secondary N) is 2. The van der Waals surface area contributed by atoms with Gasteiger partial charge in [0.2, 0.25) is 0 Å². The Bertz CT molecular complexity index is 1010. The normalized spacial score (nSPS) is 11.5. The lowest BCUT2D eigenvalue weighted by molar-refractivity contribution is 0.102. The summed E-state index contributed by atoms with van der Waals surface area (Å²) in [6.07, 6.45) is 0. The zero-order valence-corrected chi connectivity index (χ0v) is 17.9. The van der Waals surface area contributed by atoms with Gasteiger partial charge < -0.3 is 20.1 Å². The van der Waals surface area contributed by atoms with E-state index >= 15 is 0 Å². The first kappa shape index (κ1) is 22.2. The molecule has 1 amide bonds. The first-order valence-electron chi connectivity index (χ1n) is 10.3. The Morgan fingerprint density at radius 1 is 0.903 bits per heavy atom. The van der Waals surface area contributed by atoms with Gasteiger partial charge in [-0.25, -0.2) is 4.39 Å². The minimum absolute atomic E-state index is 0.0981. The predicted molar refractivity (Wildman–Crippen MR) is 122 cm³/mol. The molecule has 0 saturated carbocycles. The number of hydrogen-bond acceptors (Lipinski definition) is 4. The van der Waals surface area contributed by atoms with Crippen LogP contribution >= 0.6 is 0 Å². The highest BCUT2D eigenvalue weighted by molar-refractivity contribution is 6.05. The molecule has 0 spiro atoms. The molecule has 0 aliphatic heterocycles. The standard InChI is InChI=1S/C25H27FN2O3/c1-4-30-23-16-22(28-25(29)19-9-7-6-8-10-19)24(31-5-2)15-21(23)27-17(3)18-11-13-20(26)14-12-18/h6-17,27H,4-5H2,1-3H3,(H,28,29). The number of amides is 1. The van der Waals surface area contributed by atoms with Crippen LogP contribution in [-0.4, -0.2) is 19.1 Å². The zero-order chi connectivity index (χ0) is 22.2. The Morgan fingerprint density at radius 3 is 2.10 bits per heavy atom. The van der Waals surface area contributed by atoms with Crippen LogP contribution in [0.15, 0.2) is 66.7 Å². The van der Waals surface area contributed by atoms with E-state index in [0.29, 0.717) is 36.0 Å². The third-order valence-corrected chi connectivity index (χ3v) is 4.71. The summed E-state index contributed by atoms with van der Waals surface area (Å²) in [7, 11) is 0. The van der Waals surface area contributed by atoms with Crippen molar-refractivity contribution in [3.05, 3.63) is 83.7 Å². The van der Waals surface area contributed by atoms with E-state index in [9.17, 15) is 9.18 Å². The van der Waals surface area contributed by atoms with Crippen molar-refractivity contribution in [1.29, 1.82) is 0 Å². The van der Waals surface area contributed by atoms with E-state index in [-0.39, 0.29) is 17.8 Å². The van der Waals surface area contributed by atoms with Gasteiger partial charge in [0.1, 0.15) is 17.3 Å². The SMILES string of the molecule is CCOc1cc(NC(C)c2ccc(F)cc2)c(OCC)cc1NC(=O)c1ccccc1. The molecule has 3 aromatic carbocycles. The predicted octanol–water partition coefficient (Wildman–Crippen LogP) is 6.05. The van der Waals surface area contributed by atoms with Gasteiger partial charge in [-0.15, -0.1) is 0 Å². The van der Waals surface area contributed by atoms with Gasteiger partial charge >= 0.3 is 0 Å². The number of carbonyl (C=O) groups excluding carboxylic acids is 1. The van der Waals surface area contributed by atoms with E-state index in [0.717, 1.165) is 11.3 Å². The lowest BCUT2D eigenvalue weighted by Crippen LogP contribution is -2.14. The Morgan fingerprint density at radius 2 is 1.48 bits per heavy atom. The number of rotatable bonds is 9. The van der Waals surface area contributed by atoms with Crippen LogP contribution in [0.5, 0.6) is 11.5 Å². The maximum Gasteiger partial charge on any atom is 0.255 e. The van der Waals surface area contributed by atoms with E-state index in [1.165, 1.54) is 12.1 Å². The summed E-state index contributed by atoms with van der Waals surface area (Å²) < 4.78 is 24.9. The van der Waals surface area contributed by atoms with Crippen LogP contribution in [0.4, 0.5) is 15.8 Å². The molecule has 0 radical (unpaired) electrons. The van der Waals surface area contributed by atoms with Crippen LogP contribution in [0.3, 0.4) is 0 Å². The van der Waals surface area contributed by atoms with Crippen molar-refractivity contribution in [2.45, 2.75) is 26.8 Å². The van der Waals surface area contributed by atoms with Gasteiger partial charge in [-0.3, -0.25) is 4.79 Å². The second kappa shape index (κ2) is 10.5. The molecule has 1 atom stereocenters. The molecular weight excluding hydrogens is 395 g/mol. The van der Waals surface area contributed by atoms with Crippen LogP contribution in [0, 0.1) is 5.82 Å². The second-order valence-electron chi connectivity index (χ2n) is 6.95. The lowest BCUT2D eigenvalue weighted by Gasteiger charge is -2.21. The third kappa shape index (κ3) is 5.75. The van der Waals surface area contributed by atoms with E-state index in [2.05, 4.69) is 10.6 Å². The van der Waals surface area contributed by atoms with Gasteiger partial charge in [-0.05, 0) is 50.6 Å². The van der Waals surface area contributed by atoms with E-state index in [1.807, 2.05) is 45.0 Å². The highest BCUT2D eigenvalue weighted by atomic mass is 19.1. The van der Waals surface area contributed by atoms with Crippen molar-refractivity contribution in [2.75, 3.05) is 23.8 Å². The van der Waals surface area contributed by atoms with Gasteiger partial charge in [-0.2, -0.15) is 0 Å². The van der Waals surface area contributed by atoms with Gasteiger partial charge in [0.05, 0.1) is 24.6 Å². The summed E-state index contributed by atoms with van der Waals surface area (Å²) in [6, 6.07) is 18.8. The number of ether oxygens (including phenoxy) is 2. The molecule has 0 bridgehead atoms. The quantitative estimate of drug-likeness (QED) is 0.441. The first-order valence-corrected chi connectivity index (χ1v) is 10.3. The Kier molecular flexibility index (Phi) is 7.49. The summed E-state index contributed by atoms with van der Waals surface area (Å²) in [5.74, 6) is 0.611. The third-order valence-electron chi connectivity index (χ3n) is 4.71. The Hall–Kier alpha value is -3.54. The monoisotopic (exact) mass is 422 g/mol. The molecule has 0 aromatic heterocycles. The molecule has 162 valence electrons. The minimum Gasteiger partial charge on any atom is -0.492 e. The number of hydrogen-bond donors (Lipinski definition) is 2. The van der Waals surface area contributed by atoms with Crippen molar-refractivity contribution < 1.29 is 18.7 Å². The van der Waals surface area contributed by atoms with Gasteiger partial charge in [0, 0.05) is 23.7 Å². The molecule has 6 heteroatoms. The zero-order valence-electron chi connectivity index (χ0n) is 17.9. The molecule has 3 aromatic rings. The van der Waals surface area contributed by atoms with Crippen LogP contribution in [0.2, 0.25) is 0 Å². The molecule has 0 aliphatic rings. The Balaban J connectivity index is 1.91. The molecule has 5 nitrogen and oxygen atoms in total. The summed E-state index contributed by atoms with van der Waals surface area (Å²) in [5.41, 5.74) is 2.73. The number of benzene rings is 3.